The second-order valence-electron chi connectivity index (χ2n) is 6.72. The number of hydrogen-bond donors (Lipinski definition) is 3. The monoisotopic (exact) mass is 345 g/mol. The summed E-state index contributed by atoms with van der Waals surface area (Å²) in [5.41, 5.74) is 4.22. The van der Waals surface area contributed by atoms with Gasteiger partial charge in [0.15, 0.2) is 0 Å². The van der Waals surface area contributed by atoms with E-state index in [0.29, 0.717) is 12.1 Å². The smallest absolute Gasteiger partial charge is 0.315 e. The summed E-state index contributed by atoms with van der Waals surface area (Å²) >= 11 is 0. The summed E-state index contributed by atoms with van der Waals surface area (Å²) in [5, 5.41) is 10.0. The van der Waals surface area contributed by atoms with Gasteiger partial charge < -0.3 is 15.6 Å². The van der Waals surface area contributed by atoms with Crippen LogP contribution >= 0.6 is 0 Å². The number of hydrogen-bond acceptors (Lipinski definition) is 3. The molecule has 0 spiro atoms. The molecule has 2 amide bonds. The van der Waals surface area contributed by atoms with Crippen LogP contribution in [0.2, 0.25) is 0 Å². The normalized spacial score (nSPS) is 12.0. The number of H-pyrrole nitrogens is 1. The van der Waals surface area contributed by atoms with Crippen LogP contribution in [0.5, 0.6) is 0 Å². The zero-order chi connectivity index (χ0) is 18.6. The molecular formula is C18H27N5O2. The first-order valence-corrected chi connectivity index (χ1v) is 8.48. The van der Waals surface area contributed by atoms with Crippen molar-refractivity contribution in [2.75, 3.05) is 6.54 Å². The van der Waals surface area contributed by atoms with Crippen LogP contribution < -0.4 is 16.2 Å². The largest absolute Gasteiger partial charge is 0.338 e. The molecule has 0 aliphatic rings. The predicted octanol–water partition coefficient (Wildman–Crippen LogP) is 1.94. The molecule has 0 unspecified atom stereocenters. The van der Waals surface area contributed by atoms with E-state index in [9.17, 15) is 9.59 Å². The van der Waals surface area contributed by atoms with Crippen molar-refractivity contribution in [2.24, 2.45) is 5.92 Å². The molecule has 7 heteroatoms. The van der Waals surface area contributed by atoms with Crippen LogP contribution in [0.4, 0.5) is 4.79 Å². The molecule has 0 bridgehead atoms. The van der Waals surface area contributed by atoms with Crippen molar-refractivity contribution in [1.82, 2.24) is 25.4 Å². The van der Waals surface area contributed by atoms with Gasteiger partial charge in [0.25, 0.3) is 5.56 Å². The third-order valence-corrected chi connectivity index (χ3v) is 4.12. The van der Waals surface area contributed by atoms with Crippen LogP contribution in [0, 0.1) is 33.6 Å². The number of nitrogens with one attached hydrogen (secondary N) is 3. The maximum atomic E-state index is 12.0. The molecule has 3 N–H and O–H groups in total. The molecule has 2 heterocycles. The van der Waals surface area contributed by atoms with Crippen molar-refractivity contribution < 1.29 is 4.79 Å². The van der Waals surface area contributed by atoms with Gasteiger partial charge in [-0.3, -0.25) is 9.48 Å². The van der Waals surface area contributed by atoms with Crippen LogP contribution in [0.1, 0.15) is 35.1 Å². The van der Waals surface area contributed by atoms with Gasteiger partial charge >= 0.3 is 6.03 Å². The topological polar surface area (TPSA) is 91.8 Å². The molecule has 0 fully saturated rings. The third kappa shape index (κ3) is 5.20. The molecule has 0 saturated heterocycles. The molecule has 2 rings (SSSR count). The SMILES string of the molecule is Cc1cc(C)n(C[C@@H](C)CNC(=O)NCc2c(C)cc(C)[nH]c2=O)n1. The fraction of sp³-hybridized carbons (Fsp3) is 0.500. The predicted molar refractivity (Wildman–Crippen MR) is 97.6 cm³/mol. The Hall–Kier alpha value is -2.57. The van der Waals surface area contributed by atoms with Crippen LogP contribution in [0.25, 0.3) is 0 Å². The second-order valence-corrected chi connectivity index (χ2v) is 6.72. The van der Waals surface area contributed by atoms with E-state index in [0.717, 1.165) is 29.2 Å². The molecule has 7 nitrogen and oxygen atoms in total. The fourth-order valence-electron chi connectivity index (χ4n) is 2.82. The summed E-state index contributed by atoms with van der Waals surface area (Å²) in [4.78, 5) is 26.7. The summed E-state index contributed by atoms with van der Waals surface area (Å²) in [7, 11) is 0. The molecule has 2 aromatic heterocycles. The first-order chi connectivity index (χ1) is 11.8. The van der Waals surface area contributed by atoms with Gasteiger partial charge in [0.05, 0.1) is 12.2 Å². The highest BCUT2D eigenvalue weighted by Crippen LogP contribution is 2.06. The Morgan fingerprint density at radius 2 is 1.96 bits per heavy atom. The van der Waals surface area contributed by atoms with Crippen molar-refractivity contribution in [1.29, 1.82) is 0 Å². The lowest BCUT2D eigenvalue weighted by Crippen LogP contribution is -2.39. The number of rotatable bonds is 6. The Morgan fingerprint density at radius 1 is 1.24 bits per heavy atom. The molecule has 0 aromatic carbocycles. The number of aromatic amines is 1. The minimum atomic E-state index is -0.278. The molecule has 0 radical (unpaired) electrons. The highest BCUT2D eigenvalue weighted by Gasteiger charge is 2.10. The molecule has 1 atom stereocenters. The molecule has 25 heavy (non-hydrogen) atoms. The molecular weight excluding hydrogens is 318 g/mol. The molecule has 0 aliphatic heterocycles. The molecule has 0 saturated carbocycles. The van der Waals surface area contributed by atoms with E-state index in [4.69, 9.17) is 0 Å². The zero-order valence-corrected chi connectivity index (χ0v) is 15.6. The van der Waals surface area contributed by atoms with Gasteiger partial charge in [-0.2, -0.15) is 5.10 Å². The Labute approximate surface area is 147 Å². The number of aryl methyl sites for hydroxylation is 4. The fourth-order valence-corrected chi connectivity index (χ4v) is 2.82. The van der Waals surface area contributed by atoms with Crippen LogP contribution in [0.15, 0.2) is 16.9 Å². The summed E-state index contributed by atoms with van der Waals surface area (Å²) in [6.07, 6.45) is 0. The highest BCUT2D eigenvalue weighted by molar-refractivity contribution is 5.73. The van der Waals surface area contributed by atoms with Gasteiger partial charge in [-0.25, -0.2) is 4.79 Å². The highest BCUT2D eigenvalue weighted by atomic mass is 16.2. The van der Waals surface area contributed by atoms with Gasteiger partial charge in [0.2, 0.25) is 0 Å². The lowest BCUT2D eigenvalue weighted by atomic mass is 10.1. The number of urea groups is 1. The average Bonchev–Trinajstić information content (AvgIpc) is 2.81. The Morgan fingerprint density at radius 3 is 2.56 bits per heavy atom. The van der Waals surface area contributed by atoms with Crippen LogP contribution in [0.3, 0.4) is 0 Å². The number of carbonyl (C=O) groups excluding carboxylic acids is 1. The molecule has 136 valence electrons. The maximum absolute atomic E-state index is 12.0. The summed E-state index contributed by atoms with van der Waals surface area (Å²) in [5.74, 6) is 0.244. The Kier molecular flexibility index (Phi) is 6.01. The van der Waals surface area contributed by atoms with Gasteiger partial charge in [0, 0.05) is 30.0 Å². The van der Waals surface area contributed by atoms with E-state index in [-0.39, 0.29) is 24.1 Å². The number of nitrogens with zero attached hydrogens (tertiary/aromatic N) is 2. The van der Waals surface area contributed by atoms with Crippen molar-refractivity contribution in [3.63, 3.8) is 0 Å². The average molecular weight is 345 g/mol. The van der Waals surface area contributed by atoms with E-state index in [1.54, 1.807) is 0 Å². The summed E-state index contributed by atoms with van der Waals surface area (Å²) in [6.45, 7) is 11.2. The van der Waals surface area contributed by atoms with Gasteiger partial charge in [-0.15, -0.1) is 0 Å². The Balaban J connectivity index is 1.81. The first kappa shape index (κ1) is 18.8. The Bertz CT molecular complexity index is 806. The van der Waals surface area contributed by atoms with Crippen LogP contribution in [-0.4, -0.2) is 27.3 Å². The van der Waals surface area contributed by atoms with E-state index >= 15 is 0 Å². The third-order valence-electron chi connectivity index (χ3n) is 4.12. The first-order valence-electron chi connectivity index (χ1n) is 8.48. The lowest BCUT2D eigenvalue weighted by molar-refractivity contribution is 0.238. The van der Waals surface area contributed by atoms with E-state index in [1.807, 2.05) is 44.5 Å². The lowest BCUT2D eigenvalue weighted by Gasteiger charge is -2.15. The minimum Gasteiger partial charge on any atom is -0.338 e. The second kappa shape index (κ2) is 8.00. The van der Waals surface area contributed by atoms with Gasteiger partial charge in [-0.05, 0) is 51.3 Å². The van der Waals surface area contributed by atoms with Crippen molar-refractivity contribution >= 4 is 6.03 Å². The minimum absolute atomic E-state index is 0.157. The van der Waals surface area contributed by atoms with Crippen molar-refractivity contribution in [3.05, 3.63) is 50.7 Å². The van der Waals surface area contributed by atoms with Gasteiger partial charge in [-0.1, -0.05) is 6.92 Å². The van der Waals surface area contributed by atoms with E-state index in [2.05, 4.69) is 27.6 Å². The number of amides is 2. The molecule has 0 aliphatic carbocycles. The summed E-state index contributed by atoms with van der Waals surface area (Å²) < 4.78 is 1.95. The molecule has 2 aromatic rings. The number of carbonyl (C=O) groups is 1. The van der Waals surface area contributed by atoms with E-state index < -0.39 is 0 Å². The van der Waals surface area contributed by atoms with Crippen molar-refractivity contribution in [2.45, 2.75) is 47.7 Å². The standard InChI is InChI=1S/C18H27N5O2/c1-11(10-23-15(5)7-14(4)22-23)8-19-18(25)20-9-16-12(2)6-13(3)21-17(16)24/h6-7,11H,8-10H2,1-5H3,(H,21,24)(H2,19,20,25)/t11-/m0/s1. The number of aromatic nitrogens is 3. The number of pyridine rings is 1. The summed E-state index contributed by atoms with van der Waals surface area (Å²) in [6, 6.07) is 3.65. The quantitative estimate of drug-likeness (QED) is 0.747. The van der Waals surface area contributed by atoms with Crippen LogP contribution in [-0.2, 0) is 13.1 Å². The van der Waals surface area contributed by atoms with E-state index in [1.165, 1.54) is 0 Å². The maximum Gasteiger partial charge on any atom is 0.315 e. The van der Waals surface area contributed by atoms with Gasteiger partial charge in [0.1, 0.15) is 0 Å². The zero-order valence-electron chi connectivity index (χ0n) is 15.6. The van der Waals surface area contributed by atoms with Crippen molar-refractivity contribution in [3.8, 4) is 0 Å².